The van der Waals surface area contributed by atoms with Crippen molar-refractivity contribution in [2.75, 3.05) is 23.3 Å². The molecule has 1 heterocycles. The molecule has 1 aromatic rings. The van der Waals surface area contributed by atoms with E-state index in [1.165, 1.54) is 0 Å². The van der Waals surface area contributed by atoms with Crippen LogP contribution in [0.4, 0.5) is 11.6 Å². The van der Waals surface area contributed by atoms with Gasteiger partial charge in [-0.1, -0.05) is 34.6 Å². The second kappa shape index (κ2) is 8.77. The van der Waals surface area contributed by atoms with E-state index in [2.05, 4.69) is 49.8 Å². The molecule has 0 radical (unpaired) electrons. The first-order chi connectivity index (χ1) is 9.62. The van der Waals surface area contributed by atoms with Gasteiger partial charge in [0.2, 0.25) is 0 Å². The van der Waals surface area contributed by atoms with Gasteiger partial charge in [-0.3, -0.25) is 4.98 Å². The predicted molar refractivity (Wildman–Crippen MR) is 87.4 cm³/mol. The van der Waals surface area contributed by atoms with Crippen molar-refractivity contribution in [3.63, 3.8) is 0 Å². The molecule has 0 unspecified atom stereocenters. The van der Waals surface area contributed by atoms with Crippen LogP contribution in [0.5, 0.6) is 0 Å². The highest BCUT2D eigenvalue weighted by Crippen LogP contribution is 2.20. The van der Waals surface area contributed by atoms with Crippen molar-refractivity contribution in [1.29, 1.82) is 0 Å². The third kappa shape index (κ3) is 4.99. The lowest BCUT2D eigenvalue weighted by Gasteiger charge is -2.33. The molecule has 1 N–H and O–H groups in total. The molecule has 0 spiro atoms. The quantitative estimate of drug-likeness (QED) is 0.742. The number of nitrogens with one attached hydrogen (secondary N) is 1. The van der Waals surface area contributed by atoms with Crippen LogP contribution in [0.15, 0.2) is 12.4 Å². The van der Waals surface area contributed by atoms with Crippen molar-refractivity contribution in [1.82, 2.24) is 9.97 Å². The number of nitrogens with zero attached hydrogens (tertiary/aromatic N) is 3. The molecule has 0 aliphatic rings. The zero-order valence-corrected chi connectivity index (χ0v) is 13.7. The van der Waals surface area contributed by atoms with Crippen molar-refractivity contribution >= 4 is 11.6 Å². The molecule has 0 aromatic carbocycles. The van der Waals surface area contributed by atoms with Crippen LogP contribution in [0.25, 0.3) is 0 Å². The second-order valence-corrected chi connectivity index (χ2v) is 5.71. The van der Waals surface area contributed by atoms with Gasteiger partial charge in [-0.05, 0) is 25.2 Å². The third-order valence-corrected chi connectivity index (χ3v) is 3.42. The Morgan fingerprint density at radius 3 is 2.40 bits per heavy atom. The third-order valence-electron chi connectivity index (χ3n) is 3.42. The molecule has 0 amide bonds. The maximum absolute atomic E-state index is 4.73. The minimum Gasteiger partial charge on any atom is -0.369 e. The summed E-state index contributed by atoms with van der Waals surface area (Å²) in [6, 6.07) is 0.535. The van der Waals surface area contributed by atoms with Crippen LogP contribution in [-0.2, 0) is 0 Å². The SMILES string of the molecule is CCCNc1cncc(N(CC(C)C)C(CC)CC)n1. The number of hydrogen-bond donors (Lipinski definition) is 1. The second-order valence-electron chi connectivity index (χ2n) is 5.71. The van der Waals surface area contributed by atoms with Crippen LogP contribution in [-0.4, -0.2) is 29.1 Å². The standard InChI is InChI=1S/C16H30N4/c1-6-9-18-15-10-17-11-16(19-15)20(12-13(4)5)14(7-2)8-3/h10-11,13-14H,6-9,12H2,1-5H3,(H,18,19). The van der Waals surface area contributed by atoms with Gasteiger partial charge in [0.15, 0.2) is 0 Å². The highest BCUT2D eigenvalue weighted by atomic mass is 15.2. The molecule has 0 saturated carbocycles. The summed E-state index contributed by atoms with van der Waals surface area (Å²) in [5.41, 5.74) is 0. The van der Waals surface area contributed by atoms with E-state index in [0.717, 1.165) is 44.0 Å². The normalized spacial score (nSPS) is 11.2. The first kappa shape index (κ1) is 16.7. The fourth-order valence-corrected chi connectivity index (χ4v) is 2.38. The van der Waals surface area contributed by atoms with Gasteiger partial charge < -0.3 is 10.2 Å². The lowest BCUT2D eigenvalue weighted by molar-refractivity contribution is 0.503. The average Bonchev–Trinajstić information content (AvgIpc) is 2.45. The molecular formula is C16H30N4. The Morgan fingerprint density at radius 2 is 1.85 bits per heavy atom. The van der Waals surface area contributed by atoms with Crippen molar-refractivity contribution < 1.29 is 0 Å². The van der Waals surface area contributed by atoms with E-state index >= 15 is 0 Å². The molecule has 0 atom stereocenters. The average molecular weight is 278 g/mol. The van der Waals surface area contributed by atoms with Crippen molar-refractivity contribution in [3.05, 3.63) is 12.4 Å². The van der Waals surface area contributed by atoms with E-state index in [0.29, 0.717) is 12.0 Å². The van der Waals surface area contributed by atoms with Crippen LogP contribution in [0.3, 0.4) is 0 Å². The highest BCUT2D eigenvalue weighted by Gasteiger charge is 2.18. The molecule has 20 heavy (non-hydrogen) atoms. The lowest BCUT2D eigenvalue weighted by atomic mass is 10.1. The number of rotatable bonds is 9. The molecule has 0 saturated heterocycles. The smallest absolute Gasteiger partial charge is 0.149 e. The summed E-state index contributed by atoms with van der Waals surface area (Å²) < 4.78 is 0. The summed E-state index contributed by atoms with van der Waals surface area (Å²) in [4.78, 5) is 11.5. The molecule has 0 bridgehead atoms. The largest absolute Gasteiger partial charge is 0.369 e. The Bertz CT molecular complexity index is 374. The number of aromatic nitrogens is 2. The number of anilines is 2. The van der Waals surface area contributed by atoms with Crippen molar-refractivity contribution in [2.24, 2.45) is 5.92 Å². The molecule has 1 aromatic heterocycles. The van der Waals surface area contributed by atoms with Gasteiger partial charge in [-0.15, -0.1) is 0 Å². The predicted octanol–water partition coefficient (Wildman–Crippen LogP) is 3.95. The van der Waals surface area contributed by atoms with Crippen LogP contribution < -0.4 is 10.2 Å². The fourth-order valence-electron chi connectivity index (χ4n) is 2.38. The first-order valence-corrected chi connectivity index (χ1v) is 7.94. The summed E-state index contributed by atoms with van der Waals surface area (Å²) in [5.74, 6) is 2.49. The van der Waals surface area contributed by atoms with E-state index in [-0.39, 0.29) is 0 Å². The van der Waals surface area contributed by atoms with E-state index in [1.54, 1.807) is 6.20 Å². The van der Waals surface area contributed by atoms with Gasteiger partial charge in [0.05, 0.1) is 12.4 Å². The molecule has 114 valence electrons. The Kier molecular flexibility index (Phi) is 7.34. The van der Waals surface area contributed by atoms with Gasteiger partial charge in [0.25, 0.3) is 0 Å². The van der Waals surface area contributed by atoms with Crippen LogP contribution >= 0.6 is 0 Å². The minimum absolute atomic E-state index is 0.535. The molecule has 0 aliphatic carbocycles. The maximum Gasteiger partial charge on any atom is 0.149 e. The Balaban J connectivity index is 2.94. The number of hydrogen-bond acceptors (Lipinski definition) is 4. The van der Waals surface area contributed by atoms with Gasteiger partial charge >= 0.3 is 0 Å². The summed E-state index contributed by atoms with van der Waals surface area (Å²) in [6.07, 6.45) is 7.06. The Hall–Kier alpha value is -1.32. The highest BCUT2D eigenvalue weighted by molar-refractivity contribution is 5.44. The zero-order valence-electron chi connectivity index (χ0n) is 13.7. The maximum atomic E-state index is 4.73. The van der Waals surface area contributed by atoms with E-state index < -0.39 is 0 Å². The molecule has 0 fully saturated rings. The fraction of sp³-hybridized carbons (Fsp3) is 0.750. The Morgan fingerprint density at radius 1 is 1.15 bits per heavy atom. The van der Waals surface area contributed by atoms with E-state index in [9.17, 15) is 0 Å². The summed E-state index contributed by atoms with van der Waals surface area (Å²) >= 11 is 0. The van der Waals surface area contributed by atoms with Crippen molar-refractivity contribution in [3.8, 4) is 0 Å². The summed E-state index contributed by atoms with van der Waals surface area (Å²) in [7, 11) is 0. The van der Waals surface area contributed by atoms with Gasteiger partial charge in [0, 0.05) is 19.1 Å². The summed E-state index contributed by atoms with van der Waals surface area (Å²) in [6.45, 7) is 13.1. The van der Waals surface area contributed by atoms with Crippen molar-refractivity contribution in [2.45, 2.75) is 59.9 Å². The zero-order chi connectivity index (χ0) is 15.0. The van der Waals surface area contributed by atoms with Crippen LogP contribution in [0, 0.1) is 5.92 Å². The van der Waals surface area contributed by atoms with Crippen LogP contribution in [0.2, 0.25) is 0 Å². The molecular weight excluding hydrogens is 248 g/mol. The van der Waals surface area contributed by atoms with Gasteiger partial charge in [-0.25, -0.2) is 4.98 Å². The molecule has 1 rings (SSSR count). The minimum atomic E-state index is 0.535. The van der Waals surface area contributed by atoms with Gasteiger partial charge in [0.1, 0.15) is 11.6 Å². The molecule has 4 nitrogen and oxygen atoms in total. The van der Waals surface area contributed by atoms with Gasteiger partial charge in [-0.2, -0.15) is 0 Å². The lowest BCUT2D eigenvalue weighted by Crippen LogP contribution is -2.38. The Labute approximate surface area is 124 Å². The molecule has 4 heteroatoms. The monoisotopic (exact) mass is 278 g/mol. The van der Waals surface area contributed by atoms with E-state index in [4.69, 9.17) is 4.98 Å². The topological polar surface area (TPSA) is 41.1 Å². The molecule has 0 aliphatic heterocycles. The summed E-state index contributed by atoms with van der Waals surface area (Å²) in [5, 5.41) is 3.32. The first-order valence-electron chi connectivity index (χ1n) is 7.94. The van der Waals surface area contributed by atoms with E-state index in [1.807, 2.05) is 6.20 Å². The van der Waals surface area contributed by atoms with Crippen LogP contribution in [0.1, 0.15) is 53.9 Å².